The van der Waals surface area contributed by atoms with Crippen molar-refractivity contribution in [1.82, 2.24) is 5.32 Å². The Balaban J connectivity index is 1.99. The van der Waals surface area contributed by atoms with E-state index in [1.165, 1.54) is 0 Å². The number of benzene rings is 1. The molecule has 0 amide bonds. The van der Waals surface area contributed by atoms with Gasteiger partial charge in [-0.1, -0.05) is 29.8 Å². The monoisotopic (exact) mass is 239 g/mol. The van der Waals surface area contributed by atoms with Crippen molar-refractivity contribution in [2.45, 2.75) is 12.5 Å². The number of hydrogen-bond acceptors (Lipinski definition) is 3. The first-order valence-electron chi connectivity index (χ1n) is 5.36. The van der Waals surface area contributed by atoms with Gasteiger partial charge in [0.15, 0.2) is 5.78 Å². The first-order valence-corrected chi connectivity index (χ1v) is 5.73. The minimum absolute atomic E-state index is 0.0836. The van der Waals surface area contributed by atoms with Crippen LogP contribution in [0.3, 0.4) is 0 Å². The van der Waals surface area contributed by atoms with Gasteiger partial charge in [0, 0.05) is 24.5 Å². The third kappa shape index (κ3) is 2.82. The lowest BCUT2D eigenvalue weighted by Gasteiger charge is -2.22. The van der Waals surface area contributed by atoms with Gasteiger partial charge in [0.1, 0.15) is 6.10 Å². The van der Waals surface area contributed by atoms with Crippen molar-refractivity contribution in [2.75, 3.05) is 19.7 Å². The van der Waals surface area contributed by atoms with E-state index in [1.807, 2.05) is 18.2 Å². The average molecular weight is 240 g/mol. The summed E-state index contributed by atoms with van der Waals surface area (Å²) >= 11 is 6.00. The third-order valence-electron chi connectivity index (χ3n) is 2.61. The van der Waals surface area contributed by atoms with E-state index < -0.39 is 0 Å². The van der Waals surface area contributed by atoms with Crippen molar-refractivity contribution in [1.29, 1.82) is 0 Å². The SMILES string of the molecule is O=C(Cc1ccccc1Cl)C1CNCCO1. The van der Waals surface area contributed by atoms with Gasteiger partial charge in [0.2, 0.25) is 0 Å². The van der Waals surface area contributed by atoms with E-state index in [9.17, 15) is 4.79 Å². The summed E-state index contributed by atoms with van der Waals surface area (Å²) in [4.78, 5) is 11.9. The molecule has 1 heterocycles. The van der Waals surface area contributed by atoms with Crippen molar-refractivity contribution in [3.8, 4) is 0 Å². The molecule has 0 spiro atoms. The highest BCUT2D eigenvalue weighted by atomic mass is 35.5. The lowest BCUT2D eigenvalue weighted by Crippen LogP contribution is -2.43. The number of Topliss-reactive ketones (excluding diaryl/α,β-unsaturated/α-hetero) is 1. The number of nitrogens with one attached hydrogen (secondary N) is 1. The predicted molar refractivity (Wildman–Crippen MR) is 62.8 cm³/mol. The summed E-state index contributed by atoms with van der Waals surface area (Å²) in [7, 11) is 0. The molecule has 86 valence electrons. The zero-order valence-corrected chi connectivity index (χ0v) is 9.67. The van der Waals surface area contributed by atoms with Crippen LogP contribution in [0.5, 0.6) is 0 Å². The second kappa shape index (κ2) is 5.43. The topological polar surface area (TPSA) is 38.3 Å². The van der Waals surface area contributed by atoms with E-state index in [0.717, 1.165) is 12.1 Å². The number of morpholine rings is 1. The molecule has 0 saturated carbocycles. The maximum Gasteiger partial charge on any atom is 0.167 e. The van der Waals surface area contributed by atoms with E-state index in [-0.39, 0.29) is 11.9 Å². The Morgan fingerprint density at radius 1 is 1.50 bits per heavy atom. The second-order valence-electron chi connectivity index (χ2n) is 3.80. The van der Waals surface area contributed by atoms with Crippen LogP contribution < -0.4 is 5.32 Å². The zero-order valence-electron chi connectivity index (χ0n) is 8.91. The summed E-state index contributed by atoms with van der Waals surface area (Å²) in [5.41, 5.74) is 0.864. The predicted octanol–water partition coefficient (Wildman–Crippen LogP) is 1.44. The van der Waals surface area contributed by atoms with Gasteiger partial charge in [0.25, 0.3) is 0 Å². The lowest BCUT2D eigenvalue weighted by atomic mass is 10.0. The fraction of sp³-hybridized carbons (Fsp3) is 0.417. The third-order valence-corrected chi connectivity index (χ3v) is 2.98. The van der Waals surface area contributed by atoms with E-state index >= 15 is 0 Å². The van der Waals surface area contributed by atoms with Crippen LogP contribution in [0.15, 0.2) is 24.3 Å². The molecule has 3 nitrogen and oxygen atoms in total. The molecule has 1 unspecified atom stereocenters. The molecule has 0 bridgehead atoms. The first-order chi connectivity index (χ1) is 7.77. The molecule has 1 aliphatic rings. The number of halogens is 1. The summed E-state index contributed by atoms with van der Waals surface area (Å²) in [6.07, 6.45) is 0.0106. The molecule has 0 aliphatic carbocycles. The average Bonchev–Trinajstić information content (AvgIpc) is 2.33. The molecule has 1 aromatic rings. The summed E-state index contributed by atoms with van der Waals surface area (Å²) < 4.78 is 5.40. The summed E-state index contributed by atoms with van der Waals surface area (Å²) in [6, 6.07) is 7.41. The summed E-state index contributed by atoms with van der Waals surface area (Å²) in [6.45, 7) is 2.01. The Morgan fingerprint density at radius 2 is 2.31 bits per heavy atom. The van der Waals surface area contributed by atoms with Gasteiger partial charge in [0.05, 0.1) is 6.61 Å². The number of carbonyl (C=O) groups excluding carboxylic acids is 1. The minimum atomic E-state index is -0.329. The Morgan fingerprint density at radius 3 is 3.00 bits per heavy atom. The molecule has 1 aromatic carbocycles. The van der Waals surface area contributed by atoms with E-state index in [4.69, 9.17) is 16.3 Å². The van der Waals surface area contributed by atoms with Crippen LogP contribution in [0.2, 0.25) is 5.02 Å². The van der Waals surface area contributed by atoms with Gasteiger partial charge in [-0.05, 0) is 11.6 Å². The van der Waals surface area contributed by atoms with Crippen LogP contribution in [-0.2, 0) is 16.0 Å². The number of ketones is 1. The lowest BCUT2D eigenvalue weighted by molar-refractivity contribution is -0.131. The number of rotatable bonds is 3. The standard InChI is InChI=1S/C12H14ClNO2/c13-10-4-2-1-3-9(10)7-11(15)12-8-14-5-6-16-12/h1-4,12,14H,5-8H2. The molecule has 4 heteroatoms. The maximum absolute atomic E-state index is 11.9. The van der Waals surface area contributed by atoms with E-state index in [0.29, 0.717) is 24.6 Å². The molecule has 0 radical (unpaired) electrons. The number of carbonyl (C=O) groups is 1. The molecule has 1 fully saturated rings. The summed E-state index contributed by atoms with van der Waals surface area (Å²) in [5, 5.41) is 3.78. The Bertz CT molecular complexity index is 375. The van der Waals surface area contributed by atoms with E-state index in [2.05, 4.69) is 5.32 Å². The van der Waals surface area contributed by atoms with Gasteiger partial charge in [-0.2, -0.15) is 0 Å². The normalized spacial score (nSPS) is 20.7. The van der Waals surface area contributed by atoms with Crippen LogP contribution in [-0.4, -0.2) is 31.6 Å². The minimum Gasteiger partial charge on any atom is -0.368 e. The van der Waals surface area contributed by atoms with Gasteiger partial charge >= 0.3 is 0 Å². The van der Waals surface area contributed by atoms with Crippen molar-refractivity contribution in [3.63, 3.8) is 0 Å². The molecule has 1 saturated heterocycles. The number of ether oxygens (including phenoxy) is 1. The Kier molecular flexibility index (Phi) is 3.93. The summed E-state index contributed by atoms with van der Waals surface area (Å²) in [5.74, 6) is 0.0836. The van der Waals surface area contributed by atoms with E-state index in [1.54, 1.807) is 6.07 Å². The van der Waals surface area contributed by atoms with Crippen LogP contribution >= 0.6 is 11.6 Å². The molecule has 2 rings (SSSR count). The highest BCUT2D eigenvalue weighted by Gasteiger charge is 2.22. The van der Waals surface area contributed by atoms with Crippen LogP contribution in [0, 0.1) is 0 Å². The Hall–Kier alpha value is -0.900. The first kappa shape index (κ1) is 11.6. The fourth-order valence-electron chi connectivity index (χ4n) is 1.72. The Labute approximate surface area is 99.7 Å². The molecular formula is C12H14ClNO2. The van der Waals surface area contributed by atoms with Gasteiger partial charge in [-0.3, -0.25) is 4.79 Å². The quantitative estimate of drug-likeness (QED) is 0.868. The van der Waals surface area contributed by atoms with Crippen LogP contribution in [0.1, 0.15) is 5.56 Å². The molecule has 1 N–H and O–H groups in total. The maximum atomic E-state index is 11.9. The van der Waals surface area contributed by atoms with Gasteiger partial charge in [-0.15, -0.1) is 0 Å². The van der Waals surface area contributed by atoms with Crippen LogP contribution in [0.25, 0.3) is 0 Å². The van der Waals surface area contributed by atoms with Gasteiger partial charge in [-0.25, -0.2) is 0 Å². The zero-order chi connectivity index (χ0) is 11.4. The molecule has 16 heavy (non-hydrogen) atoms. The largest absolute Gasteiger partial charge is 0.368 e. The van der Waals surface area contributed by atoms with Crippen LogP contribution in [0.4, 0.5) is 0 Å². The highest BCUT2D eigenvalue weighted by molar-refractivity contribution is 6.31. The smallest absolute Gasteiger partial charge is 0.167 e. The van der Waals surface area contributed by atoms with Crippen molar-refractivity contribution in [3.05, 3.63) is 34.9 Å². The number of hydrogen-bond donors (Lipinski definition) is 1. The second-order valence-corrected chi connectivity index (χ2v) is 4.21. The molecule has 1 atom stereocenters. The van der Waals surface area contributed by atoms with Gasteiger partial charge < -0.3 is 10.1 Å². The fourth-order valence-corrected chi connectivity index (χ4v) is 1.92. The molecular weight excluding hydrogens is 226 g/mol. The van der Waals surface area contributed by atoms with Crippen molar-refractivity contribution < 1.29 is 9.53 Å². The molecule has 1 aliphatic heterocycles. The molecule has 0 aromatic heterocycles. The van der Waals surface area contributed by atoms with Crippen molar-refractivity contribution >= 4 is 17.4 Å². The van der Waals surface area contributed by atoms with Crippen molar-refractivity contribution in [2.24, 2.45) is 0 Å². The highest BCUT2D eigenvalue weighted by Crippen LogP contribution is 2.16.